The smallest absolute Gasteiger partial charge is 0.237 e. The number of ether oxygens (including phenoxy) is 1. The Morgan fingerprint density at radius 3 is 2.75 bits per heavy atom. The Labute approximate surface area is 97.3 Å². The van der Waals surface area contributed by atoms with Gasteiger partial charge in [0.25, 0.3) is 0 Å². The Balaban J connectivity index is 3.62. The summed E-state index contributed by atoms with van der Waals surface area (Å²) in [4.78, 5) is 11.5. The summed E-state index contributed by atoms with van der Waals surface area (Å²) in [5.74, 6) is -0.203. The Kier molecular flexibility index (Phi) is 9.18. The predicted octanol–water partition coefficient (Wildman–Crippen LogP) is 0.0175. The summed E-state index contributed by atoms with van der Waals surface area (Å²) in [6, 6.07) is -0.510. The monoisotopic (exact) mass is 232 g/mol. The fraction of sp³-hybridized carbons (Fsp3) is 0.909. The molecule has 0 aliphatic heterocycles. The van der Waals surface area contributed by atoms with Crippen LogP contribution in [0.5, 0.6) is 0 Å². The molecule has 1 amide bonds. The fourth-order valence-corrected chi connectivity index (χ4v) is 1.36. The molecule has 96 valence electrons. The molecule has 2 atom stereocenters. The first-order chi connectivity index (χ1) is 7.61. The Hall–Kier alpha value is -0.650. The highest BCUT2D eigenvalue weighted by atomic mass is 16.5. The molecule has 2 unspecified atom stereocenters. The highest BCUT2D eigenvalue weighted by Crippen LogP contribution is 1.97. The van der Waals surface area contributed by atoms with Gasteiger partial charge in [-0.05, 0) is 19.3 Å². The third kappa shape index (κ3) is 7.62. The van der Waals surface area contributed by atoms with Crippen LogP contribution in [-0.2, 0) is 9.53 Å². The van der Waals surface area contributed by atoms with Gasteiger partial charge in [0.15, 0.2) is 0 Å². The van der Waals surface area contributed by atoms with Gasteiger partial charge in [0, 0.05) is 20.3 Å². The first-order valence-corrected chi connectivity index (χ1v) is 5.82. The largest absolute Gasteiger partial charge is 0.391 e. The summed E-state index contributed by atoms with van der Waals surface area (Å²) in [6.45, 7) is 2.88. The molecule has 0 radical (unpaired) electrons. The van der Waals surface area contributed by atoms with Crippen LogP contribution in [0.3, 0.4) is 0 Å². The molecule has 0 aromatic rings. The molecule has 0 aromatic carbocycles. The molecule has 4 N–H and O–H groups in total. The second-order valence-corrected chi connectivity index (χ2v) is 3.93. The van der Waals surface area contributed by atoms with Crippen LogP contribution in [0.2, 0.25) is 0 Å². The number of carbonyl (C=O) groups excluding carboxylic acids is 1. The zero-order valence-electron chi connectivity index (χ0n) is 10.2. The number of nitrogens with two attached hydrogens (primary N) is 1. The van der Waals surface area contributed by atoms with Gasteiger partial charge in [-0.1, -0.05) is 13.3 Å². The van der Waals surface area contributed by atoms with E-state index in [0.717, 1.165) is 12.8 Å². The van der Waals surface area contributed by atoms with Gasteiger partial charge < -0.3 is 20.9 Å². The zero-order valence-corrected chi connectivity index (χ0v) is 10.2. The van der Waals surface area contributed by atoms with Gasteiger partial charge in [-0.25, -0.2) is 0 Å². The number of hydrogen-bond acceptors (Lipinski definition) is 4. The number of amides is 1. The molecule has 5 heteroatoms. The molecule has 0 aliphatic carbocycles. The van der Waals surface area contributed by atoms with E-state index in [-0.39, 0.29) is 12.5 Å². The lowest BCUT2D eigenvalue weighted by Crippen LogP contribution is -2.43. The molecule has 0 saturated carbocycles. The topological polar surface area (TPSA) is 84.6 Å². The van der Waals surface area contributed by atoms with Gasteiger partial charge in [0.1, 0.15) is 0 Å². The van der Waals surface area contributed by atoms with E-state index in [1.54, 1.807) is 7.11 Å². The summed E-state index contributed by atoms with van der Waals surface area (Å²) in [5.41, 5.74) is 5.67. The van der Waals surface area contributed by atoms with E-state index >= 15 is 0 Å². The Bertz CT molecular complexity index is 188. The molecule has 0 bridgehead atoms. The standard InChI is InChI=1S/C11H24N2O3/c1-3-5-9(14)8-13-11(15)10(12)6-4-7-16-2/h9-10,14H,3-8,12H2,1-2H3,(H,13,15). The second-order valence-electron chi connectivity index (χ2n) is 3.93. The van der Waals surface area contributed by atoms with Crippen molar-refractivity contribution in [1.29, 1.82) is 0 Å². The maximum absolute atomic E-state index is 11.5. The quantitative estimate of drug-likeness (QED) is 0.489. The van der Waals surface area contributed by atoms with Gasteiger partial charge in [0.05, 0.1) is 12.1 Å². The highest BCUT2D eigenvalue weighted by molar-refractivity contribution is 5.81. The molecule has 0 rings (SSSR count). The summed E-state index contributed by atoms with van der Waals surface area (Å²) in [6.07, 6.45) is 2.49. The summed E-state index contributed by atoms with van der Waals surface area (Å²) >= 11 is 0. The predicted molar refractivity (Wildman–Crippen MR) is 63.0 cm³/mol. The third-order valence-corrected chi connectivity index (χ3v) is 2.33. The fourth-order valence-electron chi connectivity index (χ4n) is 1.36. The van der Waals surface area contributed by atoms with E-state index in [9.17, 15) is 9.90 Å². The molecule has 0 heterocycles. The van der Waals surface area contributed by atoms with Crippen molar-refractivity contribution in [2.45, 2.75) is 44.8 Å². The maximum atomic E-state index is 11.5. The summed E-state index contributed by atoms with van der Waals surface area (Å²) in [7, 11) is 1.62. The lowest BCUT2D eigenvalue weighted by molar-refractivity contribution is -0.123. The van der Waals surface area contributed by atoms with Gasteiger partial charge in [0.2, 0.25) is 5.91 Å². The van der Waals surface area contributed by atoms with E-state index in [0.29, 0.717) is 19.4 Å². The van der Waals surface area contributed by atoms with Gasteiger partial charge >= 0.3 is 0 Å². The van der Waals surface area contributed by atoms with E-state index in [4.69, 9.17) is 10.5 Å². The minimum absolute atomic E-state index is 0.203. The van der Waals surface area contributed by atoms with E-state index in [2.05, 4.69) is 5.32 Å². The average molecular weight is 232 g/mol. The molecule has 0 fully saturated rings. The third-order valence-electron chi connectivity index (χ3n) is 2.33. The maximum Gasteiger partial charge on any atom is 0.237 e. The van der Waals surface area contributed by atoms with Gasteiger partial charge in [-0.3, -0.25) is 4.79 Å². The van der Waals surface area contributed by atoms with Crippen molar-refractivity contribution in [1.82, 2.24) is 5.32 Å². The Morgan fingerprint density at radius 2 is 2.19 bits per heavy atom. The van der Waals surface area contributed by atoms with Crippen LogP contribution >= 0.6 is 0 Å². The first-order valence-electron chi connectivity index (χ1n) is 5.82. The van der Waals surface area contributed by atoms with E-state index in [1.807, 2.05) is 6.92 Å². The lowest BCUT2D eigenvalue weighted by atomic mass is 10.1. The zero-order chi connectivity index (χ0) is 12.4. The van der Waals surface area contributed by atoms with Crippen molar-refractivity contribution in [3.05, 3.63) is 0 Å². The van der Waals surface area contributed by atoms with Crippen molar-refractivity contribution in [3.8, 4) is 0 Å². The highest BCUT2D eigenvalue weighted by Gasteiger charge is 2.13. The van der Waals surface area contributed by atoms with Crippen LogP contribution in [0, 0.1) is 0 Å². The average Bonchev–Trinajstić information content (AvgIpc) is 2.26. The molecule has 0 aliphatic rings. The number of hydrogen-bond donors (Lipinski definition) is 3. The Morgan fingerprint density at radius 1 is 1.50 bits per heavy atom. The van der Waals surface area contributed by atoms with Gasteiger partial charge in [-0.2, -0.15) is 0 Å². The lowest BCUT2D eigenvalue weighted by Gasteiger charge is -2.14. The summed E-state index contributed by atoms with van der Waals surface area (Å²) in [5, 5.41) is 12.1. The number of carbonyl (C=O) groups is 1. The van der Waals surface area contributed by atoms with E-state index < -0.39 is 12.1 Å². The molecule has 0 spiro atoms. The first kappa shape index (κ1) is 15.3. The van der Waals surface area contributed by atoms with Crippen LogP contribution in [0.4, 0.5) is 0 Å². The van der Waals surface area contributed by atoms with Gasteiger partial charge in [-0.15, -0.1) is 0 Å². The molecule has 0 aromatic heterocycles. The summed E-state index contributed by atoms with van der Waals surface area (Å²) < 4.78 is 4.87. The number of aliphatic hydroxyl groups excluding tert-OH is 1. The molecular formula is C11H24N2O3. The van der Waals surface area contributed by atoms with Crippen molar-refractivity contribution in [2.24, 2.45) is 5.73 Å². The number of methoxy groups -OCH3 is 1. The van der Waals surface area contributed by atoms with Crippen LogP contribution in [0.25, 0.3) is 0 Å². The van der Waals surface area contributed by atoms with Crippen molar-refractivity contribution < 1.29 is 14.6 Å². The molecule has 16 heavy (non-hydrogen) atoms. The molecule has 5 nitrogen and oxygen atoms in total. The number of rotatable bonds is 9. The minimum atomic E-state index is -0.510. The number of nitrogens with one attached hydrogen (secondary N) is 1. The van der Waals surface area contributed by atoms with E-state index in [1.165, 1.54) is 0 Å². The minimum Gasteiger partial charge on any atom is -0.391 e. The second kappa shape index (κ2) is 9.57. The van der Waals surface area contributed by atoms with Crippen molar-refractivity contribution in [3.63, 3.8) is 0 Å². The van der Waals surface area contributed by atoms with Crippen LogP contribution < -0.4 is 11.1 Å². The van der Waals surface area contributed by atoms with Crippen molar-refractivity contribution in [2.75, 3.05) is 20.3 Å². The van der Waals surface area contributed by atoms with Crippen LogP contribution in [0.1, 0.15) is 32.6 Å². The molecule has 0 saturated heterocycles. The number of aliphatic hydroxyl groups is 1. The van der Waals surface area contributed by atoms with Crippen LogP contribution in [0.15, 0.2) is 0 Å². The molecular weight excluding hydrogens is 208 g/mol. The normalized spacial score (nSPS) is 14.5. The SMILES string of the molecule is CCCC(O)CNC(=O)C(N)CCCOC. The van der Waals surface area contributed by atoms with Crippen LogP contribution in [-0.4, -0.2) is 43.4 Å². The van der Waals surface area contributed by atoms with Crippen molar-refractivity contribution >= 4 is 5.91 Å².